The van der Waals surface area contributed by atoms with Crippen LogP contribution in [0.4, 0.5) is 0 Å². The van der Waals surface area contributed by atoms with E-state index >= 15 is 0 Å². The number of para-hydroxylation sites is 1. The lowest BCUT2D eigenvalue weighted by atomic mass is 9.92. The number of rotatable bonds is 2. The number of piperidine rings is 1. The summed E-state index contributed by atoms with van der Waals surface area (Å²) in [4.78, 5) is 26.8. The Kier molecular flexibility index (Phi) is 3.94. The molecule has 2 heterocycles. The van der Waals surface area contributed by atoms with Gasteiger partial charge in [0.15, 0.2) is 5.69 Å². The molecule has 2 atom stereocenters. The van der Waals surface area contributed by atoms with E-state index in [4.69, 9.17) is 5.73 Å². The molecule has 1 fully saturated rings. The minimum Gasteiger partial charge on any atom is -0.337 e. The zero-order valence-corrected chi connectivity index (χ0v) is 12.6. The standard InChI is InChI=1S/C16H20N4O2/c1-10(17)11-5-4-8-20(9-11)16(22)14-15(21)12-6-2-3-7-13(12)18-19-14/h2-3,6-7,10-11H,4-5,8-9,17H2,1H3,(H,18,21)/t10-,11+/m1/s1. The number of nitrogens with two attached hydrogens (primary N) is 1. The van der Waals surface area contributed by atoms with Crippen molar-refractivity contribution in [2.45, 2.75) is 25.8 Å². The van der Waals surface area contributed by atoms with Crippen LogP contribution in [0.15, 0.2) is 29.1 Å². The average molecular weight is 300 g/mol. The highest BCUT2D eigenvalue weighted by atomic mass is 16.2. The number of likely N-dealkylation sites (tertiary alicyclic amines) is 1. The molecule has 1 aromatic heterocycles. The molecule has 6 heteroatoms. The Morgan fingerprint density at radius 1 is 1.45 bits per heavy atom. The molecule has 0 aliphatic carbocycles. The number of fused-ring (bicyclic) bond motifs is 1. The summed E-state index contributed by atoms with van der Waals surface area (Å²) in [6.07, 6.45) is 1.92. The minimum atomic E-state index is -0.317. The highest BCUT2D eigenvalue weighted by Gasteiger charge is 2.28. The zero-order valence-electron chi connectivity index (χ0n) is 12.6. The van der Waals surface area contributed by atoms with Gasteiger partial charge >= 0.3 is 0 Å². The number of carbonyl (C=O) groups is 1. The summed E-state index contributed by atoms with van der Waals surface area (Å²) in [5.41, 5.74) is 6.23. The summed E-state index contributed by atoms with van der Waals surface area (Å²) in [5, 5.41) is 7.27. The lowest BCUT2D eigenvalue weighted by Gasteiger charge is -2.34. The quantitative estimate of drug-likeness (QED) is 0.869. The molecule has 6 nitrogen and oxygen atoms in total. The average Bonchev–Trinajstić information content (AvgIpc) is 2.55. The number of aromatic nitrogens is 2. The van der Waals surface area contributed by atoms with Crippen molar-refractivity contribution in [3.05, 3.63) is 40.2 Å². The normalized spacial score (nSPS) is 20.1. The predicted octanol–water partition coefficient (Wildman–Crippen LogP) is 1.12. The number of benzene rings is 1. The molecule has 1 amide bonds. The molecule has 0 saturated carbocycles. The second-order valence-electron chi connectivity index (χ2n) is 5.96. The number of nitrogens with one attached hydrogen (secondary N) is 1. The van der Waals surface area contributed by atoms with E-state index in [0.717, 1.165) is 12.8 Å². The summed E-state index contributed by atoms with van der Waals surface area (Å²) < 4.78 is 0. The minimum absolute atomic E-state index is 0.0379. The third kappa shape index (κ3) is 2.62. The molecule has 2 aromatic rings. The van der Waals surface area contributed by atoms with Crippen LogP contribution in [-0.4, -0.2) is 40.1 Å². The molecule has 1 aliphatic heterocycles. The molecule has 1 aromatic carbocycles. The summed E-state index contributed by atoms with van der Waals surface area (Å²) >= 11 is 0. The maximum absolute atomic E-state index is 12.6. The van der Waals surface area contributed by atoms with Crippen molar-refractivity contribution >= 4 is 16.8 Å². The Labute approximate surface area is 128 Å². The SMILES string of the molecule is C[C@@H](N)[C@H]1CCCN(C(=O)c2n[nH]c3ccccc3c2=O)C1. The van der Waals surface area contributed by atoms with Gasteiger partial charge in [-0.25, -0.2) is 0 Å². The Morgan fingerprint density at radius 3 is 3.00 bits per heavy atom. The van der Waals surface area contributed by atoms with E-state index in [0.29, 0.717) is 24.0 Å². The van der Waals surface area contributed by atoms with Gasteiger partial charge in [-0.05, 0) is 37.8 Å². The van der Waals surface area contributed by atoms with Gasteiger partial charge < -0.3 is 10.6 Å². The molecule has 116 valence electrons. The van der Waals surface area contributed by atoms with Crippen LogP contribution in [0.2, 0.25) is 0 Å². The van der Waals surface area contributed by atoms with Gasteiger partial charge in [0.05, 0.1) is 5.52 Å². The third-order valence-corrected chi connectivity index (χ3v) is 4.37. The lowest BCUT2D eigenvalue weighted by Crippen LogP contribution is -2.46. The van der Waals surface area contributed by atoms with E-state index in [2.05, 4.69) is 10.2 Å². The first-order chi connectivity index (χ1) is 10.6. The zero-order chi connectivity index (χ0) is 15.7. The van der Waals surface area contributed by atoms with Crippen LogP contribution in [0.25, 0.3) is 10.9 Å². The van der Waals surface area contributed by atoms with Crippen LogP contribution in [0.5, 0.6) is 0 Å². The highest BCUT2D eigenvalue weighted by Crippen LogP contribution is 2.19. The van der Waals surface area contributed by atoms with Gasteiger partial charge in [-0.3, -0.25) is 14.7 Å². The van der Waals surface area contributed by atoms with Crippen LogP contribution in [0, 0.1) is 5.92 Å². The van der Waals surface area contributed by atoms with Crippen molar-refractivity contribution in [3.8, 4) is 0 Å². The smallest absolute Gasteiger partial charge is 0.278 e. The molecule has 0 unspecified atom stereocenters. The fourth-order valence-electron chi connectivity index (χ4n) is 2.99. The van der Waals surface area contributed by atoms with Gasteiger partial charge in [-0.15, -0.1) is 0 Å². The van der Waals surface area contributed by atoms with Gasteiger partial charge in [0.2, 0.25) is 5.43 Å². The Morgan fingerprint density at radius 2 is 2.23 bits per heavy atom. The van der Waals surface area contributed by atoms with E-state index in [1.54, 1.807) is 23.1 Å². The van der Waals surface area contributed by atoms with E-state index in [-0.39, 0.29) is 29.0 Å². The summed E-state index contributed by atoms with van der Waals surface area (Å²) in [6.45, 7) is 3.19. The van der Waals surface area contributed by atoms with Crippen LogP contribution >= 0.6 is 0 Å². The fourth-order valence-corrected chi connectivity index (χ4v) is 2.99. The Hall–Kier alpha value is -2.21. The lowest BCUT2D eigenvalue weighted by molar-refractivity contribution is 0.0652. The van der Waals surface area contributed by atoms with Crippen LogP contribution in [0.3, 0.4) is 0 Å². The summed E-state index contributed by atoms with van der Waals surface area (Å²) in [6, 6.07) is 7.11. The molecule has 3 rings (SSSR count). The van der Waals surface area contributed by atoms with Crippen molar-refractivity contribution < 1.29 is 4.79 Å². The van der Waals surface area contributed by atoms with Gasteiger partial charge in [0.25, 0.3) is 5.91 Å². The van der Waals surface area contributed by atoms with Crippen LogP contribution < -0.4 is 11.2 Å². The van der Waals surface area contributed by atoms with Crippen LogP contribution in [0.1, 0.15) is 30.3 Å². The first kappa shape index (κ1) is 14.7. The number of hydrogen-bond acceptors (Lipinski definition) is 4. The predicted molar refractivity (Wildman–Crippen MR) is 84.6 cm³/mol. The van der Waals surface area contributed by atoms with Crippen LogP contribution in [-0.2, 0) is 0 Å². The van der Waals surface area contributed by atoms with E-state index < -0.39 is 0 Å². The molecule has 3 N–H and O–H groups in total. The van der Waals surface area contributed by atoms with Gasteiger partial charge in [0, 0.05) is 24.5 Å². The summed E-state index contributed by atoms with van der Waals surface area (Å²) in [7, 11) is 0. The van der Waals surface area contributed by atoms with Crippen molar-refractivity contribution in [2.75, 3.05) is 13.1 Å². The second kappa shape index (κ2) is 5.88. The van der Waals surface area contributed by atoms with Gasteiger partial charge in [-0.2, -0.15) is 5.10 Å². The number of H-pyrrole nitrogens is 1. The monoisotopic (exact) mass is 300 g/mol. The first-order valence-corrected chi connectivity index (χ1v) is 7.60. The van der Waals surface area contributed by atoms with Crippen molar-refractivity contribution in [3.63, 3.8) is 0 Å². The number of amides is 1. The topological polar surface area (TPSA) is 92.1 Å². The first-order valence-electron chi connectivity index (χ1n) is 7.60. The van der Waals surface area contributed by atoms with E-state index in [1.807, 2.05) is 13.0 Å². The van der Waals surface area contributed by atoms with Crippen molar-refractivity contribution in [1.29, 1.82) is 0 Å². The van der Waals surface area contributed by atoms with Crippen molar-refractivity contribution in [1.82, 2.24) is 15.1 Å². The fraction of sp³-hybridized carbons (Fsp3) is 0.438. The summed E-state index contributed by atoms with van der Waals surface area (Å²) in [5.74, 6) is -0.0328. The molecule has 0 radical (unpaired) electrons. The maximum Gasteiger partial charge on any atom is 0.278 e. The van der Waals surface area contributed by atoms with Gasteiger partial charge in [0.1, 0.15) is 0 Å². The Bertz CT molecular complexity index is 753. The highest BCUT2D eigenvalue weighted by molar-refractivity contribution is 5.95. The van der Waals surface area contributed by atoms with Gasteiger partial charge in [-0.1, -0.05) is 12.1 Å². The molecule has 1 saturated heterocycles. The third-order valence-electron chi connectivity index (χ3n) is 4.37. The second-order valence-corrected chi connectivity index (χ2v) is 5.96. The molecule has 1 aliphatic rings. The number of hydrogen-bond donors (Lipinski definition) is 2. The largest absolute Gasteiger partial charge is 0.337 e. The van der Waals surface area contributed by atoms with Crippen molar-refractivity contribution in [2.24, 2.45) is 11.7 Å². The molecule has 0 spiro atoms. The van der Waals surface area contributed by atoms with E-state index in [9.17, 15) is 9.59 Å². The Balaban J connectivity index is 1.92. The maximum atomic E-state index is 12.6. The number of aromatic amines is 1. The molecule has 22 heavy (non-hydrogen) atoms. The molecular weight excluding hydrogens is 280 g/mol. The number of carbonyl (C=O) groups excluding carboxylic acids is 1. The van der Waals surface area contributed by atoms with E-state index in [1.165, 1.54) is 0 Å². The number of nitrogens with zero attached hydrogens (tertiary/aromatic N) is 2. The molecule has 0 bridgehead atoms. The molecular formula is C16H20N4O2.